The van der Waals surface area contributed by atoms with Crippen molar-refractivity contribution in [3.05, 3.63) is 57.0 Å². The van der Waals surface area contributed by atoms with Crippen molar-refractivity contribution in [3.8, 4) is 0 Å². The van der Waals surface area contributed by atoms with Gasteiger partial charge in [-0.15, -0.1) is 0 Å². The monoisotopic (exact) mass is 372 g/mol. The average molecular weight is 374 g/mol. The van der Waals surface area contributed by atoms with Crippen LogP contribution in [-0.2, 0) is 4.79 Å². The lowest BCUT2D eigenvalue weighted by Crippen LogP contribution is -2.22. The summed E-state index contributed by atoms with van der Waals surface area (Å²) >= 11 is 15.3. The van der Waals surface area contributed by atoms with E-state index in [2.05, 4.69) is 26.6 Å². The maximum Gasteiger partial charge on any atom is 0.243 e. The van der Waals surface area contributed by atoms with Crippen molar-refractivity contribution < 1.29 is 4.79 Å². The molecule has 2 N–H and O–H groups in total. The van der Waals surface area contributed by atoms with Crippen LogP contribution in [0.3, 0.4) is 0 Å². The van der Waals surface area contributed by atoms with Crippen molar-refractivity contribution in [2.75, 3.05) is 17.2 Å². The minimum Gasteiger partial charge on any atom is -0.375 e. The van der Waals surface area contributed by atoms with Gasteiger partial charge in [0.1, 0.15) is 0 Å². The molecule has 0 saturated heterocycles. The summed E-state index contributed by atoms with van der Waals surface area (Å²) in [6.45, 7) is 0.104. The van der Waals surface area contributed by atoms with Crippen LogP contribution in [-0.4, -0.2) is 12.5 Å². The lowest BCUT2D eigenvalue weighted by atomic mass is 10.3. The Bertz CT molecular complexity index is 634. The maximum absolute atomic E-state index is 11.8. The SMILES string of the molecule is O=C(CNc1ccc(Br)cc1Cl)Nc1ccccc1Cl. The fraction of sp³-hybridized carbons (Fsp3) is 0.0714. The number of halogens is 3. The minimum absolute atomic E-state index is 0.104. The zero-order valence-electron chi connectivity index (χ0n) is 10.3. The quantitative estimate of drug-likeness (QED) is 0.807. The van der Waals surface area contributed by atoms with Crippen molar-refractivity contribution in [2.24, 2.45) is 0 Å². The summed E-state index contributed by atoms with van der Waals surface area (Å²) < 4.78 is 0.883. The van der Waals surface area contributed by atoms with Gasteiger partial charge < -0.3 is 10.6 Å². The number of benzene rings is 2. The lowest BCUT2D eigenvalue weighted by Gasteiger charge is -2.10. The van der Waals surface area contributed by atoms with Gasteiger partial charge in [-0.3, -0.25) is 4.79 Å². The third-order valence-corrected chi connectivity index (χ3v) is 3.65. The van der Waals surface area contributed by atoms with E-state index in [9.17, 15) is 4.79 Å². The Labute approximate surface area is 135 Å². The van der Waals surface area contributed by atoms with E-state index in [1.54, 1.807) is 36.4 Å². The molecule has 2 aromatic carbocycles. The first-order valence-electron chi connectivity index (χ1n) is 5.79. The zero-order chi connectivity index (χ0) is 14.5. The van der Waals surface area contributed by atoms with Crippen molar-refractivity contribution >= 4 is 56.4 Å². The number of carbonyl (C=O) groups is 1. The Morgan fingerprint density at radius 3 is 2.50 bits per heavy atom. The minimum atomic E-state index is -0.197. The predicted molar refractivity (Wildman–Crippen MR) is 87.7 cm³/mol. The molecule has 0 aliphatic rings. The number of anilines is 2. The first-order chi connectivity index (χ1) is 9.56. The summed E-state index contributed by atoms with van der Waals surface area (Å²) in [5.41, 5.74) is 1.28. The number of hydrogen-bond acceptors (Lipinski definition) is 2. The second kappa shape index (κ2) is 6.97. The molecule has 0 atom stereocenters. The van der Waals surface area contributed by atoms with Crippen LogP contribution in [0.4, 0.5) is 11.4 Å². The number of nitrogens with one attached hydrogen (secondary N) is 2. The Morgan fingerprint density at radius 1 is 1.05 bits per heavy atom. The third-order valence-electron chi connectivity index (χ3n) is 2.52. The standard InChI is InChI=1S/C14H11BrCl2N2O/c15-9-5-6-12(11(17)7-9)18-8-14(20)19-13-4-2-1-3-10(13)16/h1-7,18H,8H2,(H,19,20). The maximum atomic E-state index is 11.8. The van der Waals surface area contributed by atoms with Crippen molar-refractivity contribution in [1.82, 2.24) is 0 Å². The van der Waals surface area contributed by atoms with Crippen LogP contribution in [0.1, 0.15) is 0 Å². The second-order valence-electron chi connectivity index (χ2n) is 4.01. The molecule has 20 heavy (non-hydrogen) atoms. The molecule has 0 aliphatic carbocycles. The van der Waals surface area contributed by atoms with Gasteiger partial charge in [0.15, 0.2) is 0 Å². The van der Waals surface area contributed by atoms with Gasteiger partial charge in [0.2, 0.25) is 5.91 Å². The molecule has 0 aliphatic heterocycles. The van der Waals surface area contributed by atoms with E-state index in [4.69, 9.17) is 23.2 Å². The highest BCUT2D eigenvalue weighted by Crippen LogP contribution is 2.25. The summed E-state index contributed by atoms with van der Waals surface area (Å²) in [4.78, 5) is 11.8. The first-order valence-corrected chi connectivity index (χ1v) is 7.34. The molecule has 0 unspecified atom stereocenters. The Balaban J connectivity index is 1.94. The van der Waals surface area contributed by atoms with E-state index < -0.39 is 0 Å². The molecule has 2 rings (SSSR count). The molecule has 0 radical (unpaired) electrons. The van der Waals surface area contributed by atoms with Crippen molar-refractivity contribution in [1.29, 1.82) is 0 Å². The molecule has 3 nitrogen and oxygen atoms in total. The summed E-state index contributed by atoms with van der Waals surface area (Å²) in [6.07, 6.45) is 0. The van der Waals surface area contributed by atoms with E-state index in [0.29, 0.717) is 21.4 Å². The van der Waals surface area contributed by atoms with Crippen molar-refractivity contribution in [3.63, 3.8) is 0 Å². The van der Waals surface area contributed by atoms with Gasteiger partial charge >= 0.3 is 0 Å². The smallest absolute Gasteiger partial charge is 0.243 e. The molecule has 104 valence electrons. The fourth-order valence-corrected chi connectivity index (χ4v) is 2.49. The predicted octanol–water partition coefficient (Wildman–Crippen LogP) is 4.81. The number of hydrogen-bond donors (Lipinski definition) is 2. The lowest BCUT2D eigenvalue weighted by molar-refractivity contribution is -0.114. The Kier molecular flexibility index (Phi) is 5.29. The summed E-state index contributed by atoms with van der Waals surface area (Å²) in [6, 6.07) is 12.5. The molecule has 2 aromatic rings. The Morgan fingerprint density at radius 2 is 1.80 bits per heavy atom. The van der Waals surface area contributed by atoms with Crippen LogP contribution in [0, 0.1) is 0 Å². The topological polar surface area (TPSA) is 41.1 Å². The molecule has 0 aromatic heterocycles. The van der Waals surface area contributed by atoms with Crippen LogP contribution in [0.15, 0.2) is 46.9 Å². The van der Waals surface area contributed by atoms with Crippen LogP contribution < -0.4 is 10.6 Å². The van der Waals surface area contributed by atoms with Gasteiger partial charge in [-0.2, -0.15) is 0 Å². The highest BCUT2D eigenvalue weighted by Gasteiger charge is 2.06. The van der Waals surface area contributed by atoms with E-state index >= 15 is 0 Å². The Hall–Kier alpha value is -1.23. The zero-order valence-corrected chi connectivity index (χ0v) is 13.4. The average Bonchev–Trinajstić information content (AvgIpc) is 2.40. The van der Waals surface area contributed by atoms with Crippen LogP contribution in [0.2, 0.25) is 10.0 Å². The van der Waals surface area contributed by atoms with Gasteiger partial charge in [0.25, 0.3) is 0 Å². The van der Waals surface area contributed by atoms with Gasteiger partial charge in [-0.1, -0.05) is 51.3 Å². The number of carbonyl (C=O) groups excluding carboxylic acids is 1. The molecule has 0 bridgehead atoms. The van der Waals surface area contributed by atoms with Crippen LogP contribution in [0.25, 0.3) is 0 Å². The van der Waals surface area contributed by atoms with Gasteiger partial charge in [0, 0.05) is 4.47 Å². The second-order valence-corrected chi connectivity index (χ2v) is 5.74. The molecule has 0 fully saturated rings. The first kappa shape index (κ1) is 15.2. The normalized spacial score (nSPS) is 10.2. The van der Waals surface area contributed by atoms with E-state index in [-0.39, 0.29) is 12.5 Å². The molecule has 6 heteroatoms. The molecular formula is C14H11BrCl2N2O. The molecular weight excluding hydrogens is 363 g/mol. The number of para-hydroxylation sites is 1. The van der Waals surface area contributed by atoms with Crippen LogP contribution >= 0.6 is 39.1 Å². The number of rotatable bonds is 4. The van der Waals surface area contributed by atoms with Gasteiger partial charge in [-0.05, 0) is 30.3 Å². The molecule has 1 amide bonds. The summed E-state index contributed by atoms with van der Waals surface area (Å²) in [5, 5.41) is 6.75. The van der Waals surface area contributed by atoms with E-state index in [0.717, 1.165) is 4.47 Å². The largest absolute Gasteiger partial charge is 0.375 e. The fourth-order valence-electron chi connectivity index (χ4n) is 1.57. The highest BCUT2D eigenvalue weighted by molar-refractivity contribution is 9.10. The molecule has 0 spiro atoms. The molecule has 0 heterocycles. The van der Waals surface area contributed by atoms with E-state index in [1.807, 2.05) is 6.07 Å². The summed E-state index contributed by atoms with van der Waals surface area (Å²) in [7, 11) is 0. The number of amides is 1. The van der Waals surface area contributed by atoms with Gasteiger partial charge in [0.05, 0.1) is 28.0 Å². The molecule has 0 saturated carbocycles. The van der Waals surface area contributed by atoms with Gasteiger partial charge in [-0.25, -0.2) is 0 Å². The third kappa shape index (κ3) is 4.13. The van der Waals surface area contributed by atoms with Crippen LogP contribution in [0.5, 0.6) is 0 Å². The van der Waals surface area contributed by atoms with E-state index in [1.165, 1.54) is 0 Å². The highest BCUT2D eigenvalue weighted by atomic mass is 79.9. The summed E-state index contributed by atoms with van der Waals surface area (Å²) in [5.74, 6) is -0.197. The van der Waals surface area contributed by atoms with Crippen molar-refractivity contribution in [2.45, 2.75) is 0 Å².